The Morgan fingerprint density at radius 3 is 2.55 bits per heavy atom. The Bertz CT molecular complexity index is 557. The third-order valence-electron chi connectivity index (χ3n) is 4.40. The summed E-state index contributed by atoms with van der Waals surface area (Å²) in [4.78, 5) is 0.344. The molecule has 1 aliphatic carbocycles. The highest BCUT2D eigenvalue weighted by Crippen LogP contribution is 2.27. The van der Waals surface area contributed by atoms with Crippen LogP contribution in [0.3, 0.4) is 0 Å². The fraction of sp³-hybridized carbons (Fsp3) is 0.625. The zero-order valence-electron chi connectivity index (χ0n) is 13.1. The highest BCUT2D eigenvalue weighted by molar-refractivity contribution is 7.89. The molecule has 1 aromatic carbocycles. The lowest BCUT2D eigenvalue weighted by molar-refractivity contribution is 0.294. The normalized spacial score (nSPS) is 17.7. The summed E-state index contributed by atoms with van der Waals surface area (Å²) in [6.07, 6.45) is 6.56. The number of aryl methyl sites for hydroxylation is 1. The van der Waals surface area contributed by atoms with E-state index >= 15 is 0 Å². The van der Waals surface area contributed by atoms with E-state index in [0.29, 0.717) is 17.4 Å². The van der Waals surface area contributed by atoms with Crippen LogP contribution in [0.2, 0.25) is 0 Å². The molecule has 0 radical (unpaired) electrons. The van der Waals surface area contributed by atoms with Crippen LogP contribution in [0, 0.1) is 5.92 Å². The van der Waals surface area contributed by atoms with E-state index in [2.05, 4.69) is 4.72 Å². The molecule has 0 bridgehead atoms. The molecular formula is C16H27ClN2O2S. The number of benzene rings is 1. The number of sulfonamides is 1. The first kappa shape index (κ1) is 19.4. The molecule has 0 spiro atoms. The van der Waals surface area contributed by atoms with Gasteiger partial charge in [0.15, 0.2) is 0 Å². The monoisotopic (exact) mass is 346 g/mol. The van der Waals surface area contributed by atoms with Crippen molar-refractivity contribution in [3.8, 4) is 0 Å². The van der Waals surface area contributed by atoms with Crippen molar-refractivity contribution in [2.75, 3.05) is 6.54 Å². The molecule has 2 rings (SSSR count). The first-order chi connectivity index (χ1) is 10.1. The lowest BCUT2D eigenvalue weighted by Gasteiger charge is -2.29. The predicted molar refractivity (Wildman–Crippen MR) is 92.8 cm³/mol. The van der Waals surface area contributed by atoms with Crippen LogP contribution in [0.1, 0.15) is 44.6 Å². The summed E-state index contributed by atoms with van der Waals surface area (Å²) in [5.74, 6) is 0.368. The minimum Gasteiger partial charge on any atom is -0.329 e. The molecule has 126 valence electrons. The van der Waals surface area contributed by atoms with E-state index < -0.39 is 10.0 Å². The van der Waals surface area contributed by atoms with Crippen LogP contribution < -0.4 is 10.5 Å². The van der Waals surface area contributed by atoms with Gasteiger partial charge < -0.3 is 5.73 Å². The third-order valence-corrected chi connectivity index (χ3v) is 5.88. The largest absolute Gasteiger partial charge is 0.329 e. The summed E-state index contributed by atoms with van der Waals surface area (Å²) < 4.78 is 27.9. The summed E-state index contributed by atoms with van der Waals surface area (Å²) in [5.41, 5.74) is 6.85. The Hall–Kier alpha value is -0.620. The molecule has 0 aliphatic heterocycles. The van der Waals surface area contributed by atoms with Crippen molar-refractivity contribution in [3.05, 3.63) is 29.8 Å². The number of hydrogen-bond acceptors (Lipinski definition) is 3. The molecule has 3 N–H and O–H groups in total. The Kier molecular flexibility index (Phi) is 7.83. The van der Waals surface area contributed by atoms with Crippen LogP contribution >= 0.6 is 12.4 Å². The fourth-order valence-electron chi connectivity index (χ4n) is 3.07. The second kappa shape index (κ2) is 8.87. The Morgan fingerprint density at radius 1 is 1.27 bits per heavy atom. The van der Waals surface area contributed by atoms with E-state index in [-0.39, 0.29) is 18.4 Å². The van der Waals surface area contributed by atoms with Gasteiger partial charge in [-0.05, 0) is 42.9 Å². The lowest BCUT2D eigenvalue weighted by Crippen LogP contribution is -2.45. The molecule has 0 saturated heterocycles. The van der Waals surface area contributed by atoms with Crippen molar-refractivity contribution >= 4 is 22.4 Å². The van der Waals surface area contributed by atoms with Gasteiger partial charge in [-0.3, -0.25) is 0 Å². The maximum absolute atomic E-state index is 12.5. The third kappa shape index (κ3) is 4.95. The van der Waals surface area contributed by atoms with E-state index in [1.165, 1.54) is 19.3 Å². The van der Waals surface area contributed by atoms with Crippen LogP contribution in [-0.2, 0) is 16.4 Å². The maximum Gasteiger partial charge on any atom is 0.240 e. The van der Waals surface area contributed by atoms with Crippen LogP contribution in [0.5, 0.6) is 0 Å². The van der Waals surface area contributed by atoms with Gasteiger partial charge in [-0.15, -0.1) is 12.4 Å². The minimum absolute atomic E-state index is 0. The molecule has 1 aromatic rings. The summed E-state index contributed by atoms with van der Waals surface area (Å²) in [6, 6.07) is 6.99. The van der Waals surface area contributed by atoms with Crippen LogP contribution in [0.25, 0.3) is 0 Å². The van der Waals surface area contributed by atoms with E-state index in [1.54, 1.807) is 18.2 Å². The number of rotatable bonds is 6. The summed E-state index contributed by atoms with van der Waals surface area (Å²) in [7, 11) is -3.48. The van der Waals surface area contributed by atoms with Gasteiger partial charge in [0.25, 0.3) is 0 Å². The average molecular weight is 347 g/mol. The maximum atomic E-state index is 12.5. The molecule has 1 atom stereocenters. The molecule has 6 heteroatoms. The van der Waals surface area contributed by atoms with Gasteiger partial charge in [-0.1, -0.05) is 38.3 Å². The van der Waals surface area contributed by atoms with Crippen LogP contribution in [0.15, 0.2) is 29.2 Å². The first-order valence-corrected chi connectivity index (χ1v) is 9.36. The van der Waals surface area contributed by atoms with Crippen molar-refractivity contribution in [2.45, 2.75) is 56.4 Å². The number of hydrogen-bond donors (Lipinski definition) is 2. The SMILES string of the molecule is CCc1cccc(S(=O)(=O)NC(CN)C2CCCCC2)c1.Cl. The Morgan fingerprint density at radius 2 is 1.95 bits per heavy atom. The molecule has 0 heterocycles. The topological polar surface area (TPSA) is 72.2 Å². The van der Waals surface area contributed by atoms with Crippen molar-refractivity contribution in [1.82, 2.24) is 4.72 Å². The summed E-state index contributed by atoms with van der Waals surface area (Å²) in [6.45, 7) is 2.38. The highest BCUT2D eigenvalue weighted by atomic mass is 35.5. The zero-order valence-corrected chi connectivity index (χ0v) is 14.8. The van der Waals surface area contributed by atoms with Gasteiger partial charge in [-0.2, -0.15) is 0 Å². The average Bonchev–Trinajstić information content (AvgIpc) is 2.53. The van der Waals surface area contributed by atoms with E-state index in [4.69, 9.17) is 5.73 Å². The smallest absolute Gasteiger partial charge is 0.240 e. The molecule has 22 heavy (non-hydrogen) atoms. The zero-order chi connectivity index (χ0) is 15.3. The highest BCUT2D eigenvalue weighted by Gasteiger charge is 2.27. The van der Waals surface area contributed by atoms with E-state index in [0.717, 1.165) is 24.8 Å². The quantitative estimate of drug-likeness (QED) is 0.831. The Balaban J connectivity index is 0.00000242. The van der Waals surface area contributed by atoms with Crippen molar-refractivity contribution in [2.24, 2.45) is 11.7 Å². The van der Waals surface area contributed by atoms with Gasteiger partial charge in [0.2, 0.25) is 10.0 Å². The first-order valence-electron chi connectivity index (χ1n) is 7.88. The van der Waals surface area contributed by atoms with Crippen LogP contribution in [-0.4, -0.2) is 21.0 Å². The fourth-order valence-corrected chi connectivity index (χ4v) is 4.46. The van der Waals surface area contributed by atoms with Gasteiger partial charge >= 0.3 is 0 Å². The van der Waals surface area contributed by atoms with E-state index in [9.17, 15) is 8.42 Å². The number of halogens is 1. The summed E-state index contributed by atoms with van der Waals surface area (Å²) >= 11 is 0. The molecule has 4 nitrogen and oxygen atoms in total. The lowest BCUT2D eigenvalue weighted by atomic mass is 9.84. The van der Waals surface area contributed by atoms with Crippen LogP contribution in [0.4, 0.5) is 0 Å². The molecule has 1 aliphatic rings. The van der Waals surface area contributed by atoms with Gasteiger partial charge in [0, 0.05) is 12.6 Å². The van der Waals surface area contributed by atoms with Crippen molar-refractivity contribution in [1.29, 1.82) is 0 Å². The number of nitrogens with one attached hydrogen (secondary N) is 1. The van der Waals surface area contributed by atoms with Gasteiger partial charge in [0.1, 0.15) is 0 Å². The Labute approximate surface area is 140 Å². The van der Waals surface area contributed by atoms with Gasteiger partial charge in [0.05, 0.1) is 4.90 Å². The van der Waals surface area contributed by atoms with E-state index in [1.807, 2.05) is 13.0 Å². The second-order valence-corrected chi connectivity index (χ2v) is 7.58. The minimum atomic E-state index is -3.48. The molecule has 0 aromatic heterocycles. The predicted octanol–water partition coefficient (Wildman–Crippen LogP) is 2.86. The summed E-state index contributed by atoms with van der Waals surface area (Å²) in [5, 5.41) is 0. The molecule has 1 saturated carbocycles. The molecule has 0 amide bonds. The second-order valence-electron chi connectivity index (χ2n) is 5.86. The van der Waals surface area contributed by atoms with Crippen molar-refractivity contribution in [3.63, 3.8) is 0 Å². The molecule has 1 fully saturated rings. The molecular weight excluding hydrogens is 320 g/mol. The van der Waals surface area contributed by atoms with Gasteiger partial charge in [-0.25, -0.2) is 13.1 Å². The van der Waals surface area contributed by atoms with Crippen molar-refractivity contribution < 1.29 is 8.42 Å². The number of nitrogens with two attached hydrogens (primary N) is 1. The molecule has 1 unspecified atom stereocenters. The standard InChI is InChI=1S/C16H26N2O2S.ClH/c1-2-13-7-6-10-15(11-13)21(19,20)18-16(12-17)14-8-4-3-5-9-14;/h6-7,10-11,14,16,18H,2-5,8-9,12,17H2,1H3;1H.